The van der Waals surface area contributed by atoms with Crippen molar-refractivity contribution in [3.05, 3.63) is 15.5 Å². The number of ether oxygens (including phenoxy) is 1. The van der Waals surface area contributed by atoms with Gasteiger partial charge in [0.25, 0.3) is 0 Å². The first-order valence-corrected chi connectivity index (χ1v) is 5.77. The predicted molar refractivity (Wildman–Crippen MR) is 60.0 cm³/mol. The number of halogens is 1. The fourth-order valence-corrected chi connectivity index (χ4v) is 2.17. The van der Waals surface area contributed by atoms with Crippen molar-refractivity contribution in [2.75, 3.05) is 26.8 Å². The van der Waals surface area contributed by atoms with E-state index in [9.17, 15) is 0 Å². The zero-order valence-electron chi connectivity index (χ0n) is 8.49. The Balaban J connectivity index is 2.40. The lowest BCUT2D eigenvalue weighted by atomic mass is 10.4. The van der Waals surface area contributed by atoms with E-state index in [0.717, 1.165) is 26.2 Å². The Morgan fingerprint density at radius 1 is 1.64 bits per heavy atom. The number of hydrogen-bond donors (Lipinski definition) is 0. The Hall–Kier alpha value is -0.160. The Bertz CT molecular complexity index is 267. The molecule has 0 bridgehead atoms. The molecule has 1 rings (SSSR count). The van der Waals surface area contributed by atoms with Crippen molar-refractivity contribution in [2.24, 2.45) is 0 Å². The zero-order valence-corrected chi connectivity index (χ0v) is 10.1. The molecule has 14 heavy (non-hydrogen) atoms. The molecule has 0 aliphatic rings. The van der Waals surface area contributed by atoms with Crippen molar-refractivity contribution >= 4 is 22.9 Å². The summed E-state index contributed by atoms with van der Waals surface area (Å²) < 4.78 is 5.65. The second kappa shape index (κ2) is 6.35. The highest BCUT2D eigenvalue weighted by Gasteiger charge is 2.05. The van der Waals surface area contributed by atoms with Crippen molar-refractivity contribution in [3.63, 3.8) is 0 Å². The number of hydrogen-bond acceptors (Lipinski definition) is 4. The Labute approximate surface area is 93.7 Å². The van der Waals surface area contributed by atoms with Crippen LogP contribution in [0.25, 0.3) is 0 Å². The maximum Gasteiger partial charge on any atom is 0.183 e. The first-order valence-electron chi connectivity index (χ1n) is 4.57. The molecular weight excluding hydrogens is 220 g/mol. The van der Waals surface area contributed by atoms with Crippen LogP contribution >= 0.6 is 22.9 Å². The topological polar surface area (TPSA) is 25.4 Å². The molecule has 0 amide bonds. The lowest BCUT2D eigenvalue weighted by molar-refractivity contribution is 0.148. The third kappa shape index (κ3) is 3.92. The van der Waals surface area contributed by atoms with Crippen molar-refractivity contribution in [2.45, 2.75) is 13.5 Å². The number of rotatable bonds is 6. The van der Waals surface area contributed by atoms with Crippen molar-refractivity contribution < 1.29 is 4.74 Å². The Morgan fingerprint density at radius 3 is 2.93 bits per heavy atom. The average Bonchev–Trinajstić information content (AvgIpc) is 2.58. The minimum atomic E-state index is 0.614. The second-order valence-corrected chi connectivity index (χ2v) is 4.64. The molecule has 0 radical (unpaired) electrons. The summed E-state index contributed by atoms with van der Waals surface area (Å²) in [6.07, 6.45) is 1.84. The number of methoxy groups -OCH3 is 1. The summed E-state index contributed by atoms with van der Waals surface area (Å²) in [4.78, 5) is 7.51. The van der Waals surface area contributed by atoms with Gasteiger partial charge in [-0.3, -0.25) is 4.90 Å². The predicted octanol–water partition coefficient (Wildman–Crippen LogP) is 2.26. The molecular formula is C9H15ClN2OS. The van der Waals surface area contributed by atoms with E-state index < -0.39 is 0 Å². The fourth-order valence-electron chi connectivity index (χ4n) is 1.15. The lowest BCUT2D eigenvalue weighted by Gasteiger charge is -2.18. The quantitative estimate of drug-likeness (QED) is 0.755. The normalized spacial score (nSPS) is 11.1. The third-order valence-corrected chi connectivity index (χ3v) is 3.06. The van der Waals surface area contributed by atoms with Gasteiger partial charge < -0.3 is 4.74 Å². The summed E-state index contributed by atoms with van der Waals surface area (Å²) in [5, 5.41) is 0. The monoisotopic (exact) mass is 234 g/mol. The molecule has 5 heteroatoms. The van der Waals surface area contributed by atoms with Crippen molar-refractivity contribution in [3.8, 4) is 0 Å². The summed E-state index contributed by atoms with van der Waals surface area (Å²) in [5.74, 6) is 0. The van der Waals surface area contributed by atoms with Gasteiger partial charge in [0.15, 0.2) is 4.47 Å². The van der Waals surface area contributed by atoms with Gasteiger partial charge in [0.1, 0.15) is 0 Å². The molecule has 3 nitrogen and oxygen atoms in total. The van der Waals surface area contributed by atoms with Gasteiger partial charge >= 0.3 is 0 Å². The van der Waals surface area contributed by atoms with Crippen LogP contribution in [-0.4, -0.2) is 36.7 Å². The summed E-state index contributed by atoms with van der Waals surface area (Å²) in [6.45, 7) is 5.77. The van der Waals surface area contributed by atoms with Crippen LogP contribution < -0.4 is 0 Å². The van der Waals surface area contributed by atoms with Crippen LogP contribution in [0.2, 0.25) is 4.47 Å². The van der Waals surface area contributed by atoms with E-state index in [-0.39, 0.29) is 0 Å². The molecule has 80 valence electrons. The van der Waals surface area contributed by atoms with Crippen molar-refractivity contribution in [1.82, 2.24) is 9.88 Å². The minimum Gasteiger partial charge on any atom is -0.383 e. The minimum absolute atomic E-state index is 0.614. The van der Waals surface area contributed by atoms with E-state index in [0.29, 0.717) is 4.47 Å². The number of aromatic nitrogens is 1. The summed E-state index contributed by atoms with van der Waals surface area (Å²) in [7, 11) is 1.72. The van der Waals surface area contributed by atoms with Gasteiger partial charge in [-0.25, -0.2) is 4.98 Å². The van der Waals surface area contributed by atoms with E-state index in [2.05, 4.69) is 16.8 Å². The highest BCUT2D eigenvalue weighted by molar-refractivity contribution is 7.15. The zero-order chi connectivity index (χ0) is 10.4. The van der Waals surface area contributed by atoms with Crippen LogP contribution in [-0.2, 0) is 11.3 Å². The summed E-state index contributed by atoms with van der Waals surface area (Å²) in [5.41, 5.74) is 0. The fraction of sp³-hybridized carbons (Fsp3) is 0.667. The number of nitrogens with zero attached hydrogens (tertiary/aromatic N) is 2. The molecule has 1 aromatic rings. The third-order valence-electron chi connectivity index (χ3n) is 1.96. The number of likely N-dealkylation sites (N-methyl/N-ethyl adjacent to an activating group) is 1. The molecule has 0 atom stereocenters. The molecule has 0 N–H and O–H groups in total. The van der Waals surface area contributed by atoms with Crippen LogP contribution in [0.5, 0.6) is 0 Å². The largest absolute Gasteiger partial charge is 0.383 e. The molecule has 0 spiro atoms. The van der Waals surface area contributed by atoms with Gasteiger partial charge in [-0.1, -0.05) is 18.5 Å². The van der Waals surface area contributed by atoms with Crippen molar-refractivity contribution in [1.29, 1.82) is 0 Å². The van der Waals surface area contributed by atoms with Crippen LogP contribution in [0.4, 0.5) is 0 Å². The molecule has 0 saturated heterocycles. The summed E-state index contributed by atoms with van der Waals surface area (Å²) in [6, 6.07) is 0. The van der Waals surface area contributed by atoms with Crippen LogP contribution in [0.15, 0.2) is 6.20 Å². The molecule has 0 unspecified atom stereocenters. The molecule has 1 heterocycles. The Morgan fingerprint density at radius 2 is 2.43 bits per heavy atom. The molecule has 0 aliphatic carbocycles. The van der Waals surface area contributed by atoms with E-state index in [1.165, 1.54) is 16.2 Å². The van der Waals surface area contributed by atoms with Gasteiger partial charge in [-0.05, 0) is 6.54 Å². The first kappa shape index (κ1) is 11.9. The van der Waals surface area contributed by atoms with Gasteiger partial charge in [-0.15, -0.1) is 11.3 Å². The molecule has 1 aromatic heterocycles. The molecule has 0 saturated carbocycles. The van der Waals surface area contributed by atoms with Gasteiger partial charge in [-0.2, -0.15) is 0 Å². The number of thiazole rings is 1. The van der Waals surface area contributed by atoms with E-state index in [4.69, 9.17) is 16.3 Å². The summed E-state index contributed by atoms with van der Waals surface area (Å²) >= 11 is 7.29. The van der Waals surface area contributed by atoms with Gasteiger partial charge in [0.05, 0.1) is 6.61 Å². The highest BCUT2D eigenvalue weighted by atomic mass is 35.5. The van der Waals surface area contributed by atoms with Crippen LogP contribution in [0, 0.1) is 0 Å². The smallest absolute Gasteiger partial charge is 0.183 e. The highest BCUT2D eigenvalue weighted by Crippen LogP contribution is 2.18. The maximum absolute atomic E-state index is 5.76. The molecule has 0 fully saturated rings. The Kier molecular flexibility index (Phi) is 5.40. The second-order valence-electron chi connectivity index (χ2n) is 2.94. The molecule has 0 aliphatic heterocycles. The van der Waals surface area contributed by atoms with Gasteiger partial charge in [0, 0.05) is 31.3 Å². The van der Waals surface area contributed by atoms with E-state index in [1.54, 1.807) is 7.11 Å². The molecule has 0 aromatic carbocycles. The maximum atomic E-state index is 5.76. The van der Waals surface area contributed by atoms with E-state index >= 15 is 0 Å². The SMILES string of the molecule is CCN(CCOC)Cc1cnc(Cl)s1. The lowest BCUT2D eigenvalue weighted by Crippen LogP contribution is -2.26. The average molecular weight is 235 g/mol. The van der Waals surface area contributed by atoms with Crippen LogP contribution in [0.3, 0.4) is 0 Å². The standard InChI is InChI=1S/C9H15ClN2OS/c1-3-12(4-5-13-2)7-8-6-11-9(10)14-8/h6H,3-5,7H2,1-2H3. The van der Waals surface area contributed by atoms with Gasteiger partial charge in [0.2, 0.25) is 0 Å². The van der Waals surface area contributed by atoms with Crippen LogP contribution in [0.1, 0.15) is 11.8 Å². The van der Waals surface area contributed by atoms with E-state index in [1.807, 2.05) is 6.20 Å². The first-order chi connectivity index (χ1) is 6.76.